The van der Waals surface area contributed by atoms with Crippen molar-refractivity contribution in [3.05, 3.63) is 11.6 Å². The van der Waals surface area contributed by atoms with Gasteiger partial charge < -0.3 is 9.84 Å². The molecule has 0 aromatic carbocycles. The number of aliphatic hydroxyl groups is 1. The quantitative estimate of drug-likeness (QED) is 0.414. The summed E-state index contributed by atoms with van der Waals surface area (Å²) in [6, 6.07) is 0. The van der Waals surface area contributed by atoms with E-state index in [0.29, 0.717) is 17.8 Å². The van der Waals surface area contributed by atoms with Crippen molar-refractivity contribution in [1.82, 2.24) is 0 Å². The lowest BCUT2D eigenvalue weighted by atomic mass is 9.47. The Bertz CT molecular complexity index is 734. The van der Waals surface area contributed by atoms with Crippen LogP contribution in [-0.2, 0) is 9.53 Å². The minimum atomic E-state index is -3.40. The molecule has 0 aromatic heterocycles. The zero-order valence-corrected chi connectivity index (χ0v) is 19.6. The Morgan fingerprint density at radius 2 is 1.97 bits per heavy atom. The lowest BCUT2D eigenvalue weighted by Gasteiger charge is -2.58. The van der Waals surface area contributed by atoms with Crippen LogP contribution in [0.25, 0.3) is 0 Å². The molecular weight excluding hydrogens is 398 g/mol. The van der Waals surface area contributed by atoms with E-state index in [9.17, 15) is 18.7 Å². The van der Waals surface area contributed by atoms with Crippen molar-refractivity contribution in [1.29, 1.82) is 0 Å². The molecule has 0 bridgehead atoms. The molecule has 0 heterocycles. The van der Waals surface area contributed by atoms with Crippen LogP contribution in [0.1, 0.15) is 85.5 Å². The fraction of sp³-hybridized carbons (Fsp3) is 0.885. The summed E-state index contributed by atoms with van der Waals surface area (Å²) in [5, 5.41) is 10.2. The van der Waals surface area contributed by atoms with E-state index in [1.807, 2.05) is 6.92 Å². The highest BCUT2D eigenvalue weighted by Gasteiger charge is 2.60. The number of hydrogen-bond donors (Lipinski definition) is 1. The van der Waals surface area contributed by atoms with Gasteiger partial charge in [0.05, 0.1) is 12.7 Å². The van der Waals surface area contributed by atoms with Gasteiger partial charge in [0.1, 0.15) is 0 Å². The van der Waals surface area contributed by atoms with Crippen LogP contribution < -0.4 is 0 Å². The fourth-order valence-corrected chi connectivity index (χ4v) is 8.48. The number of allylic oxidation sites excluding steroid dienone is 1. The molecule has 1 N–H and O–H groups in total. The number of rotatable bonds is 5. The molecule has 0 radical (unpaired) electrons. The molecular formula is C26H40F2O3. The van der Waals surface area contributed by atoms with Crippen molar-refractivity contribution in [2.45, 2.75) is 97.5 Å². The predicted molar refractivity (Wildman–Crippen MR) is 117 cm³/mol. The first kappa shape index (κ1) is 23.2. The molecule has 0 saturated heterocycles. The zero-order valence-electron chi connectivity index (χ0n) is 19.6. The second-order valence-electron chi connectivity index (χ2n) is 11.5. The van der Waals surface area contributed by atoms with Crippen molar-refractivity contribution in [2.75, 3.05) is 6.61 Å². The minimum absolute atomic E-state index is 0.0135. The van der Waals surface area contributed by atoms with Crippen molar-refractivity contribution < 1.29 is 23.4 Å². The number of halogens is 2. The third kappa shape index (κ3) is 3.77. The van der Waals surface area contributed by atoms with Gasteiger partial charge in [0, 0.05) is 6.42 Å². The first-order chi connectivity index (χ1) is 14.5. The lowest BCUT2D eigenvalue weighted by molar-refractivity contribution is -0.175. The topological polar surface area (TPSA) is 46.5 Å². The number of carbonyl (C=O) groups excluding carboxylic acids is 1. The average molecular weight is 439 g/mol. The van der Waals surface area contributed by atoms with Crippen LogP contribution in [0.15, 0.2) is 11.6 Å². The SMILES string of the molecule is CCOC(=O)C(F)(F)C[C@@H](C)[C@H]1CCC2C3CC=C4C[C@@H](O)CC[C@]4(C)C3CC[C@@]21C. The summed E-state index contributed by atoms with van der Waals surface area (Å²) in [7, 11) is 0. The Labute approximate surface area is 186 Å². The van der Waals surface area contributed by atoms with E-state index in [2.05, 4.69) is 24.7 Å². The second kappa shape index (κ2) is 8.11. The molecule has 0 aliphatic heterocycles. The van der Waals surface area contributed by atoms with E-state index < -0.39 is 18.3 Å². The molecule has 0 aromatic rings. The maximum absolute atomic E-state index is 14.5. The number of aliphatic hydroxyl groups excluding tert-OH is 1. The van der Waals surface area contributed by atoms with Crippen LogP contribution >= 0.6 is 0 Å². The van der Waals surface area contributed by atoms with E-state index in [4.69, 9.17) is 0 Å². The van der Waals surface area contributed by atoms with Crippen molar-refractivity contribution >= 4 is 5.97 Å². The summed E-state index contributed by atoms with van der Waals surface area (Å²) < 4.78 is 33.6. The zero-order chi connectivity index (χ0) is 22.6. The molecule has 0 spiro atoms. The summed E-state index contributed by atoms with van der Waals surface area (Å²) in [6.07, 6.45) is 10.00. The van der Waals surface area contributed by atoms with Gasteiger partial charge in [-0.1, -0.05) is 32.4 Å². The fourth-order valence-electron chi connectivity index (χ4n) is 8.48. The maximum Gasteiger partial charge on any atom is 0.376 e. The highest BCUT2D eigenvalue weighted by molar-refractivity contribution is 5.77. The number of fused-ring (bicyclic) bond motifs is 5. The van der Waals surface area contributed by atoms with Gasteiger partial charge in [-0.2, -0.15) is 8.78 Å². The molecule has 4 aliphatic rings. The molecule has 4 rings (SSSR count). The minimum Gasteiger partial charge on any atom is -0.462 e. The standard InChI is InChI=1S/C26H40F2O3/c1-5-31-23(30)26(27,28)15-16(2)20-8-9-21-19-7-6-17-14-18(29)10-12-24(17,3)22(19)11-13-25(20,21)4/h6,16,18-22,29H,5,7-15H2,1-4H3/t16-,18+,19?,20-,21?,22?,24+,25-/m1/s1. The number of esters is 1. The van der Waals surface area contributed by atoms with Gasteiger partial charge in [0.15, 0.2) is 0 Å². The highest BCUT2D eigenvalue weighted by atomic mass is 19.3. The van der Waals surface area contributed by atoms with Gasteiger partial charge in [-0.05, 0) is 98.7 Å². The molecule has 3 fully saturated rings. The van der Waals surface area contributed by atoms with Crippen LogP contribution in [0.2, 0.25) is 0 Å². The number of hydrogen-bond acceptors (Lipinski definition) is 3. The molecule has 3 saturated carbocycles. The number of alkyl halides is 2. The first-order valence-electron chi connectivity index (χ1n) is 12.5. The molecule has 0 amide bonds. The first-order valence-corrected chi connectivity index (χ1v) is 12.5. The summed E-state index contributed by atoms with van der Waals surface area (Å²) >= 11 is 0. The van der Waals surface area contributed by atoms with Crippen molar-refractivity contribution in [2.24, 2.45) is 40.4 Å². The van der Waals surface area contributed by atoms with Crippen LogP contribution in [0.4, 0.5) is 8.78 Å². The summed E-state index contributed by atoms with van der Waals surface area (Å²) in [4.78, 5) is 11.8. The monoisotopic (exact) mass is 438 g/mol. The largest absolute Gasteiger partial charge is 0.462 e. The molecule has 31 heavy (non-hydrogen) atoms. The van der Waals surface area contributed by atoms with Crippen LogP contribution in [0, 0.1) is 40.4 Å². The molecule has 3 nitrogen and oxygen atoms in total. The third-order valence-corrected chi connectivity index (χ3v) is 9.99. The second-order valence-corrected chi connectivity index (χ2v) is 11.5. The van der Waals surface area contributed by atoms with Crippen molar-refractivity contribution in [3.8, 4) is 0 Å². The van der Waals surface area contributed by atoms with Gasteiger partial charge in [0.25, 0.3) is 0 Å². The summed E-state index contributed by atoms with van der Waals surface area (Å²) in [5.74, 6) is -2.93. The molecule has 176 valence electrons. The Morgan fingerprint density at radius 1 is 1.23 bits per heavy atom. The Hall–Kier alpha value is -0.970. The molecule has 4 aliphatic carbocycles. The van der Waals surface area contributed by atoms with Crippen LogP contribution in [0.5, 0.6) is 0 Å². The summed E-state index contributed by atoms with van der Waals surface area (Å²) in [6.45, 7) is 8.23. The third-order valence-electron chi connectivity index (χ3n) is 9.99. The van der Waals surface area contributed by atoms with Crippen molar-refractivity contribution in [3.63, 3.8) is 0 Å². The smallest absolute Gasteiger partial charge is 0.376 e. The maximum atomic E-state index is 14.5. The van der Waals surface area contributed by atoms with E-state index in [1.54, 1.807) is 6.92 Å². The Balaban J connectivity index is 1.51. The molecule has 3 unspecified atom stereocenters. The van der Waals surface area contributed by atoms with Crippen LogP contribution in [-0.4, -0.2) is 29.7 Å². The number of carbonyl (C=O) groups is 1. The normalized spacial score (nSPS) is 43.3. The van der Waals surface area contributed by atoms with E-state index in [0.717, 1.165) is 51.4 Å². The predicted octanol–water partition coefficient (Wildman–Crippen LogP) is 6.15. The van der Waals surface area contributed by atoms with Crippen LogP contribution in [0.3, 0.4) is 0 Å². The average Bonchev–Trinajstić information content (AvgIpc) is 3.06. The molecule has 8 atom stereocenters. The summed E-state index contributed by atoms with van der Waals surface area (Å²) in [5.41, 5.74) is 1.74. The van der Waals surface area contributed by atoms with E-state index >= 15 is 0 Å². The van der Waals surface area contributed by atoms with Gasteiger partial charge >= 0.3 is 11.9 Å². The molecule has 5 heteroatoms. The Morgan fingerprint density at radius 3 is 2.68 bits per heavy atom. The van der Waals surface area contributed by atoms with E-state index in [1.165, 1.54) is 5.57 Å². The lowest BCUT2D eigenvalue weighted by Crippen LogP contribution is -2.51. The van der Waals surface area contributed by atoms with Gasteiger partial charge in [0.2, 0.25) is 0 Å². The van der Waals surface area contributed by atoms with Gasteiger partial charge in [-0.15, -0.1) is 0 Å². The number of ether oxygens (including phenoxy) is 1. The van der Waals surface area contributed by atoms with Gasteiger partial charge in [-0.25, -0.2) is 4.79 Å². The highest BCUT2D eigenvalue weighted by Crippen LogP contribution is 2.67. The van der Waals surface area contributed by atoms with E-state index in [-0.39, 0.29) is 35.4 Å². The van der Waals surface area contributed by atoms with Gasteiger partial charge in [-0.3, -0.25) is 0 Å². The Kier molecular flexibility index (Phi) is 6.07.